The molecule has 0 bridgehead atoms. The van der Waals surface area contributed by atoms with E-state index in [1.54, 1.807) is 6.08 Å². The van der Waals surface area contributed by atoms with Gasteiger partial charge in [0.2, 0.25) is 17.7 Å². The van der Waals surface area contributed by atoms with Gasteiger partial charge in [-0.1, -0.05) is 26.7 Å². The lowest BCUT2D eigenvalue weighted by molar-refractivity contribution is -0.870. The van der Waals surface area contributed by atoms with Crippen molar-refractivity contribution < 1.29 is 60.9 Å². The van der Waals surface area contributed by atoms with Crippen molar-refractivity contribution in [2.75, 3.05) is 66.3 Å². The van der Waals surface area contributed by atoms with Crippen molar-refractivity contribution in [2.45, 2.75) is 90.5 Å². The molecule has 0 saturated carbocycles. The van der Waals surface area contributed by atoms with E-state index in [0.29, 0.717) is 66.9 Å². The molecule has 60 heavy (non-hydrogen) atoms. The fourth-order valence-corrected chi connectivity index (χ4v) is 7.95. The summed E-state index contributed by atoms with van der Waals surface area (Å²) in [5, 5.41) is 21.9. The molecule has 4 rings (SSSR count). The number of nitrogens with zero attached hydrogens (tertiary/aromatic N) is 4. The Bertz CT molecular complexity index is 1830. The van der Waals surface area contributed by atoms with E-state index in [4.69, 9.17) is 4.74 Å². The first-order chi connectivity index (χ1) is 28.6. The Balaban J connectivity index is 1.30. The zero-order chi connectivity index (χ0) is 43.9. The van der Waals surface area contributed by atoms with Gasteiger partial charge >= 0.3 is 6.97 Å². The summed E-state index contributed by atoms with van der Waals surface area (Å²) >= 11 is 0.530. The Morgan fingerprint density at radius 3 is 2.33 bits per heavy atom. The maximum atomic E-state index is 17.0. The number of unbranched alkanes of at least 4 members (excludes halogenated alkanes) is 1. The highest BCUT2D eigenvalue weighted by Crippen LogP contribution is 2.39. The molecule has 0 aromatic carbocycles. The molecule has 5 amide bonds. The van der Waals surface area contributed by atoms with Gasteiger partial charge in [0.25, 0.3) is 11.8 Å². The van der Waals surface area contributed by atoms with E-state index in [0.717, 1.165) is 50.8 Å². The number of carbonyl (C=O) groups excluding carboxylic acids is 5. The zero-order valence-electron chi connectivity index (χ0n) is 35.4. The van der Waals surface area contributed by atoms with E-state index in [-0.39, 0.29) is 75.6 Å². The minimum absolute atomic E-state index is 0.00282. The van der Waals surface area contributed by atoms with E-state index in [1.165, 1.54) is 16.6 Å². The van der Waals surface area contributed by atoms with E-state index in [9.17, 15) is 29.2 Å². The molecule has 1 aromatic rings. The van der Waals surface area contributed by atoms with Crippen molar-refractivity contribution in [1.29, 1.82) is 0 Å². The van der Waals surface area contributed by atoms with E-state index < -0.39 is 24.8 Å². The second-order valence-corrected chi connectivity index (χ2v) is 16.8. The lowest BCUT2D eigenvalue weighted by atomic mass is 9.88. The number of hydrogen-bond acceptors (Lipinski definition) is 10. The van der Waals surface area contributed by atoms with Gasteiger partial charge in [0.1, 0.15) is 11.8 Å². The molecule has 0 aliphatic carbocycles. The summed E-state index contributed by atoms with van der Waals surface area (Å²) in [6.45, 7) is 1.49. The maximum Gasteiger partial charge on any atom is 0.737 e. The van der Waals surface area contributed by atoms with Crippen molar-refractivity contribution in [2.24, 2.45) is 0 Å². The highest BCUT2D eigenvalue weighted by molar-refractivity contribution is 7.94. The standard InChI is InChI=1S/C40H60BF2N7O9S/c1-6-11-29-25-31(13-10-22-50(3,4)5)48-34(29)27-35-30(12-7-2)26-32(49(35)41(48,42)43)15-16-37(52)46-33(28-60-59-58-56)40(55)45-19-9-8-14-36(51)44-20-23-57-24-21-47-38(53)17-18-39(47)54/h17-18,25-27,33H,6-16,19-24,28H2,1-5H3,(H3-,44,45,46,51,52,55,56). The van der Waals surface area contributed by atoms with Gasteiger partial charge in [-0.2, -0.15) is 4.33 Å². The number of imide groups is 1. The minimum atomic E-state index is -4.28. The fourth-order valence-electron chi connectivity index (χ4n) is 7.48. The topological polar surface area (TPSA) is 183 Å². The summed E-state index contributed by atoms with van der Waals surface area (Å²) in [5.41, 5.74) is 3.67. The molecular weight excluding hydrogens is 803 g/mol. The van der Waals surface area contributed by atoms with Crippen LogP contribution in [0.25, 0.3) is 6.08 Å². The van der Waals surface area contributed by atoms with Crippen LogP contribution >= 0.6 is 12.0 Å². The lowest BCUT2D eigenvalue weighted by Crippen LogP contribution is -2.51. The third kappa shape index (κ3) is 13.7. The number of carbonyl (C=O) groups is 5. The third-order valence-electron chi connectivity index (χ3n) is 10.3. The van der Waals surface area contributed by atoms with Crippen LogP contribution in [0.5, 0.6) is 0 Å². The number of hydrogen-bond donors (Lipinski definition) is 3. The quantitative estimate of drug-likeness (QED) is 0.0215. The number of fused-ring (bicyclic) bond motifs is 2. The number of rotatable bonds is 28. The van der Waals surface area contributed by atoms with Crippen LogP contribution in [0.2, 0.25) is 0 Å². The van der Waals surface area contributed by atoms with Gasteiger partial charge in [-0.3, -0.25) is 33.9 Å². The molecule has 1 unspecified atom stereocenters. The summed E-state index contributed by atoms with van der Waals surface area (Å²) in [6, 6.07) is 0.804. The molecule has 3 aliphatic rings. The van der Waals surface area contributed by atoms with Gasteiger partial charge in [0.15, 0.2) is 5.70 Å². The van der Waals surface area contributed by atoms with Gasteiger partial charge in [0, 0.05) is 86.4 Å². The van der Waals surface area contributed by atoms with Crippen molar-refractivity contribution in [3.8, 4) is 0 Å². The largest absolute Gasteiger partial charge is 0.737 e. The van der Waals surface area contributed by atoms with Crippen LogP contribution in [0, 0.1) is 0 Å². The van der Waals surface area contributed by atoms with E-state index in [2.05, 4.69) is 46.5 Å². The van der Waals surface area contributed by atoms with Crippen molar-refractivity contribution in [1.82, 2.24) is 25.3 Å². The number of allylic oxidation sites excluding steroid dienone is 2. The predicted octanol–water partition coefficient (Wildman–Crippen LogP) is 2.33. The van der Waals surface area contributed by atoms with Crippen molar-refractivity contribution >= 4 is 60.3 Å². The van der Waals surface area contributed by atoms with Gasteiger partial charge < -0.3 is 48.0 Å². The maximum absolute atomic E-state index is 17.0. The zero-order valence-corrected chi connectivity index (χ0v) is 36.2. The second-order valence-electron chi connectivity index (χ2n) is 16.1. The molecule has 0 fully saturated rings. The van der Waals surface area contributed by atoms with Gasteiger partial charge in [-0.05, 0) is 49.4 Å². The fraction of sp³-hybridized carbons (Fsp3) is 0.600. The molecule has 16 nitrogen and oxygen atoms in total. The normalized spacial score (nSPS) is 16.2. The van der Waals surface area contributed by atoms with Crippen LogP contribution in [0.1, 0.15) is 88.6 Å². The predicted molar refractivity (Wildman–Crippen MR) is 222 cm³/mol. The number of amides is 5. The average Bonchev–Trinajstić information content (AvgIpc) is 3.84. The molecular formula is C40H60BF2N7O9S. The first kappa shape index (κ1) is 48.5. The SMILES string of the molecule is CCCC1=CC(CCC(=O)NC(CSOO[O-])C(=O)NCCCCC(=O)NCCOCCN2C(=O)C=CC2=O)=[N+]2C1=Cc1c(CCC)cc(CCC[N+](C)(C)C)n1[B-]2(F)F. The van der Waals surface area contributed by atoms with Gasteiger partial charge in [-0.25, -0.2) is 0 Å². The van der Waals surface area contributed by atoms with Crippen LogP contribution in [0.4, 0.5) is 8.63 Å². The summed E-state index contributed by atoms with van der Waals surface area (Å²) < 4.78 is 46.8. The first-order valence-corrected chi connectivity index (χ1v) is 21.7. The Labute approximate surface area is 355 Å². The number of quaternary nitrogens is 1. The molecule has 3 aliphatic heterocycles. The lowest BCUT2D eigenvalue weighted by Gasteiger charge is -2.32. The van der Waals surface area contributed by atoms with Gasteiger partial charge in [-0.15, -0.1) is 0 Å². The van der Waals surface area contributed by atoms with Crippen LogP contribution in [-0.2, 0) is 50.9 Å². The molecule has 0 spiro atoms. The van der Waals surface area contributed by atoms with Crippen molar-refractivity contribution in [3.63, 3.8) is 0 Å². The summed E-state index contributed by atoms with van der Waals surface area (Å²) in [4.78, 5) is 62.8. The Morgan fingerprint density at radius 2 is 1.65 bits per heavy atom. The summed E-state index contributed by atoms with van der Waals surface area (Å²) in [7, 11) is 6.24. The minimum Gasteiger partial charge on any atom is -0.691 e. The molecule has 0 saturated heterocycles. The number of aromatic nitrogens is 1. The van der Waals surface area contributed by atoms with Crippen LogP contribution in [0.3, 0.4) is 0 Å². The highest BCUT2D eigenvalue weighted by Gasteiger charge is 2.54. The Morgan fingerprint density at radius 1 is 0.917 bits per heavy atom. The molecule has 1 aromatic heterocycles. The van der Waals surface area contributed by atoms with Crippen LogP contribution < -0.4 is 21.2 Å². The van der Waals surface area contributed by atoms with Crippen molar-refractivity contribution in [3.05, 3.63) is 52.5 Å². The Hall–Kier alpha value is -4.21. The number of aryl methyl sites for hydroxylation is 2. The molecule has 20 heteroatoms. The smallest absolute Gasteiger partial charge is 0.691 e. The average molecular weight is 864 g/mol. The third-order valence-corrected chi connectivity index (χ3v) is 10.9. The summed E-state index contributed by atoms with van der Waals surface area (Å²) in [5.74, 6) is -2.27. The highest BCUT2D eigenvalue weighted by atomic mass is 32.2. The van der Waals surface area contributed by atoms with E-state index in [1.807, 2.05) is 26.0 Å². The van der Waals surface area contributed by atoms with Crippen LogP contribution in [-0.4, -0.2) is 133 Å². The monoisotopic (exact) mass is 863 g/mol. The molecule has 332 valence electrons. The summed E-state index contributed by atoms with van der Waals surface area (Å²) in [6.07, 6.45) is 11.1. The molecule has 3 N–H and O–H groups in total. The van der Waals surface area contributed by atoms with E-state index >= 15 is 8.63 Å². The Kier molecular flexibility index (Phi) is 18.7. The molecule has 1 atom stereocenters. The number of nitrogens with one attached hydrogen (secondary N) is 3. The first-order valence-electron chi connectivity index (χ1n) is 20.8. The molecule has 0 radical (unpaired) electrons. The molecule has 4 heterocycles. The number of halogens is 2. The second kappa shape index (κ2) is 23.1. The van der Waals surface area contributed by atoms with Crippen LogP contribution in [0.15, 0.2) is 35.6 Å². The number of ether oxygens (including phenoxy) is 1. The van der Waals surface area contributed by atoms with Gasteiger partial charge in [0.05, 0.1) is 53.2 Å².